The number of hydrogen-bond donors (Lipinski definition) is 1. The fraction of sp³-hybridized carbons (Fsp3) is 0.688. The lowest BCUT2D eigenvalue weighted by Gasteiger charge is -2.21. The Kier molecular flexibility index (Phi) is 2.59. The molecule has 3 saturated carbocycles. The van der Waals surface area contributed by atoms with Crippen LogP contribution in [0.3, 0.4) is 0 Å². The molecule has 5 atom stereocenters. The minimum Gasteiger partial charge on any atom is -0.495 e. The number of nitrogens with zero attached hydrogens (tertiary/aromatic N) is 1. The second kappa shape index (κ2) is 4.20. The molecule has 1 heterocycles. The molecule has 3 nitrogen and oxygen atoms in total. The quantitative estimate of drug-likeness (QED) is 0.901. The van der Waals surface area contributed by atoms with E-state index in [1.165, 1.54) is 19.3 Å². The van der Waals surface area contributed by atoms with Crippen molar-refractivity contribution in [3.05, 3.63) is 24.0 Å². The molecule has 3 heteroatoms. The summed E-state index contributed by atoms with van der Waals surface area (Å²) >= 11 is 0. The second-order valence-electron chi connectivity index (χ2n) is 6.42. The van der Waals surface area contributed by atoms with E-state index in [1.54, 1.807) is 7.11 Å². The first kappa shape index (κ1) is 11.7. The molecule has 1 aromatic heterocycles. The average molecular weight is 258 g/mol. The van der Waals surface area contributed by atoms with Gasteiger partial charge in [-0.1, -0.05) is 0 Å². The third-order valence-electron chi connectivity index (χ3n) is 5.81. The van der Waals surface area contributed by atoms with E-state index < -0.39 is 0 Å². The molecule has 4 rings (SSSR count). The Hall–Kier alpha value is -1.09. The second-order valence-corrected chi connectivity index (χ2v) is 6.42. The van der Waals surface area contributed by atoms with Crippen LogP contribution in [0.25, 0.3) is 0 Å². The van der Waals surface area contributed by atoms with Gasteiger partial charge in [0, 0.05) is 6.20 Å². The van der Waals surface area contributed by atoms with Crippen LogP contribution < -0.4 is 10.1 Å². The summed E-state index contributed by atoms with van der Waals surface area (Å²) < 4.78 is 5.50. The largest absolute Gasteiger partial charge is 0.495 e. The van der Waals surface area contributed by atoms with E-state index in [9.17, 15) is 0 Å². The summed E-state index contributed by atoms with van der Waals surface area (Å²) in [6.45, 7) is 0. The fourth-order valence-corrected chi connectivity index (χ4v) is 5.16. The van der Waals surface area contributed by atoms with Gasteiger partial charge in [-0.15, -0.1) is 0 Å². The SMILES string of the molecule is CNC(c1ncccc1OC)C1C2C3CCC(C3)C21. The zero-order valence-electron chi connectivity index (χ0n) is 11.7. The molecule has 2 bridgehead atoms. The number of pyridine rings is 1. The smallest absolute Gasteiger partial charge is 0.141 e. The maximum atomic E-state index is 5.50. The minimum absolute atomic E-state index is 0.370. The zero-order valence-corrected chi connectivity index (χ0v) is 11.7. The standard InChI is InChI=1S/C16H22N2O/c1-17-16(15-11(19-2)4-3-7-18-15)14-12-9-5-6-10(8-9)13(12)14/h3-4,7,9-10,12-14,16-17H,5-6,8H2,1-2H3. The van der Waals surface area contributed by atoms with Gasteiger partial charge < -0.3 is 10.1 Å². The van der Waals surface area contributed by atoms with Gasteiger partial charge in [-0.2, -0.15) is 0 Å². The number of rotatable bonds is 4. The zero-order chi connectivity index (χ0) is 13.0. The molecule has 0 spiro atoms. The maximum Gasteiger partial charge on any atom is 0.141 e. The molecular formula is C16H22N2O. The van der Waals surface area contributed by atoms with Gasteiger partial charge in [0.2, 0.25) is 0 Å². The summed E-state index contributed by atoms with van der Waals surface area (Å²) in [5, 5.41) is 3.51. The van der Waals surface area contributed by atoms with E-state index in [4.69, 9.17) is 4.74 Å². The molecule has 0 amide bonds. The van der Waals surface area contributed by atoms with E-state index in [1.807, 2.05) is 18.3 Å². The highest BCUT2D eigenvalue weighted by Crippen LogP contribution is 2.72. The highest BCUT2D eigenvalue weighted by molar-refractivity contribution is 5.32. The molecule has 1 N–H and O–H groups in total. The van der Waals surface area contributed by atoms with Crippen molar-refractivity contribution in [1.82, 2.24) is 10.3 Å². The summed E-state index contributed by atoms with van der Waals surface area (Å²) in [7, 11) is 3.80. The lowest BCUT2D eigenvalue weighted by Crippen LogP contribution is -2.23. The third-order valence-corrected chi connectivity index (χ3v) is 5.81. The summed E-state index contributed by atoms with van der Waals surface area (Å²) in [5.41, 5.74) is 1.10. The van der Waals surface area contributed by atoms with Gasteiger partial charge in [0.1, 0.15) is 5.75 Å². The predicted octanol–water partition coefficient (Wildman–Crippen LogP) is 2.64. The first-order chi connectivity index (χ1) is 9.35. The van der Waals surface area contributed by atoms with Gasteiger partial charge in [-0.3, -0.25) is 4.98 Å². The predicted molar refractivity (Wildman–Crippen MR) is 73.9 cm³/mol. The van der Waals surface area contributed by atoms with Crippen molar-refractivity contribution in [2.45, 2.75) is 25.3 Å². The van der Waals surface area contributed by atoms with Crippen LogP contribution in [-0.2, 0) is 0 Å². The van der Waals surface area contributed by atoms with E-state index >= 15 is 0 Å². The van der Waals surface area contributed by atoms with Crippen LogP contribution in [0.5, 0.6) is 5.75 Å². The van der Waals surface area contributed by atoms with Gasteiger partial charge in [-0.05, 0) is 68.0 Å². The molecular weight excluding hydrogens is 236 g/mol. The highest BCUT2D eigenvalue weighted by Gasteiger charge is 2.67. The summed E-state index contributed by atoms with van der Waals surface area (Å²) in [6.07, 6.45) is 6.33. The van der Waals surface area contributed by atoms with Crippen molar-refractivity contribution in [3.63, 3.8) is 0 Å². The van der Waals surface area contributed by atoms with E-state index in [-0.39, 0.29) is 0 Å². The molecule has 19 heavy (non-hydrogen) atoms. The first-order valence-corrected chi connectivity index (χ1v) is 7.51. The van der Waals surface area contributed by atoms with Crippen molar-refractivity contribution in [2.75, 3.05) is 14.2 Å². The first-order valence-electron chi connectivity index (χ1n) is 7.51. The Labute approximate surface area is 114 Å². The van der Waals surface area contributed by atoms with Crippen LogP contribution in [0, 0.1) is 29.6 Å². The minimum atomic E-state index is 0.370. The molecule has 0 aromatic carbocycles. The van der Waals surface area contributed by atoms with Gasteiger partial charge >= 0.3 is 0 Å². The van der Waals surface area contributed by atoms with Crippen LogP contribution in [0.4, 0.5) is 0 Å². The number of aromatic nitrogens is 1. The summed E-state index contributed by atoms with van der Waals surface area (Å²) in [6, 6.07) is 4.35. The van der Waals surface area contributed by atoms with Crippen LogP contribution in [-0.4, -0.2) is 19.1 Å². The number of methoxy groups -OCH3 is 1. The van der Waals surface area contributed by atoms with Crippen molar-refractivity contribution >= 4 is 0 Å². The lowest BCUT2D eigenvalue weighted by atomic mass is 9.95. The molecule has 102 valence electrons. The van der Waals surface area contributed by atoms with Gasteiger partial charge in [0.25, 0.3) is 0 Å². The Bertz CT molecular complexity index is 473. The molecule has 5 unspecified atom stereocenters. The van der Waals surface area contributed by atoms with Crippen molar-refractivity contribution < 1.29 is 4.74 Å². The van der Waals surface area contributed by atoms with E-state index in [2.05, 4.69) is 17.3 Å². The Morgan fingerprint density at radius 3 is 2.68 bits per heavy atom. The highest BCUT2D eigenvalue weighted by atomic mass is 16.5. The summed E-state index contributed by atoms with van der Waals surface area (Å²) in [5.74, 6) is 5.65. The van der Waals surface area contributed by atoms with Gasteiger partial charge in [0.05, 0.1) is 18.8 Å². The molecule has 3 aliphatic rings. The van der Waals surface area contributed by atoms with E-state index in [0.29, 0.717) is 6.04 Å². The Morgan fingerprint density at radius 2 is 2.05 bits per heavy atom. The number of hydrogen-bond acceptors (Lipinski definition) is 3. The Balaban J connectivity index is 1.63. The van der Waals surface area contributed by atoms with Crippen LogP contribution >= 0.6 is 0 Å². The van der Waals surface area contributed by atoms with Gasteiger partial charge in [-0.25, -0.2) is 0 Å². The number of nitrogens with one attached hydrogen (secondary N) is 1. The molecule has 3 fully saturated rings. The number of fused-ring (bicyclic) bond motifs is 5. The molecule has 1 aromatic rings. The Morgan fingerprint density at radius 1 is 1.32 bits per heavy atom. The monoisotopic (exact) mass is 258 g/mol. The van der Waals surface area contributed by atoms with Crippen molar-refractivity contribution in [2.24, 2.45) is 29.6 Å². The lowest BCUT2D eigenvalue weighted by molar-refractivity contribution is 0.356. The number of ether oxygens (including phenoxy) is 1. The normalized spacial score (nSPS) is 40.0. The third kappa shape index (κ3) is 1.57. The topological polar surface area (TPSA) is 34.2 Å². The average Bonchev–Trinajstić information content (AvgIpc) is 2.88. The summed E-state index contributed by atoms with van der Waals surface area (Å²) in [4.78, 5) is 4.59. The van der Waals surface area contributed by atoms with Crippen LogP contribution in [0.1, 0.15) is 31.0 Å². The maximum absolute atomic E-state index is 5.50. The molecule has 0 radical (unpaired) electrons. The van der Waals surface area contributed by atoms with Crippen molar-refractivity contribution in [3.8, 4) is 5.75 Å². The molecule has 0 saturated heterocycles. The molecule has 3 aliphatic carbocycles. The van der Waals surface area contributed by atoms with Gasteiger partial charge in [0.15, 0.2) is 0 Å². The molecule has 0 aliphatic heterocycles. The van der Waals surface area contributed by atoms with E-state index in [0.717, 1.165) is 41.0 Å². The van der Waals surface area contributed by atoms with Crippen LogP contribution in [0.15, 0.2) is 18.3 Å². The van der Waals surface area contributed by atoms with Crippen molar-refractivity contribution in [1.29, 1.82) is 0 Å². The van der Waals surface area contributed by atoms with Crippen LogP contribution in [0.2, 0.25) is 0 Å². The fourth-order valence-electron chi connectivity index (χ4n) is 5.16.